The smallest absolute Gasteiger partial charge is 0.335 e. The topological polar surface area (TPSA) is 81.7 Å². The van der Waals surface area contributed by atoms with Crippen molar-refractivity contribution in [3.63, 3.8) is 0 Å². The van der Waals surface area contributed by atoms with Crippen LogP contribution in [0.3, 0.4) is 0 Å². The van der Waals surface area contributed by atoms with Crippen molar-refractivity contribution in [2.45, 2.75) is 13.0 Å². The molecule has 20 heavy (non-hydrogen) atoms. The van der Waals surface area contributed by atoms with Crippen LogP contribution in [-0.2, 0) is 6.54 Å². The highest BCUT2D eigenvalue weighted by molar-refractivity contribution is 5.87. The molecular weight excluding hydrogens is 258 g/mol. The lowest BCUT2D eigenvalue weighted by molar-refractivity contribution is 0.0696. The van der Waals surface area contributed by atoms with Crippen molar-refractivity contribution in [2.75, 3.05) is 26.2 Å². The normalized spacial score (nSPS) is 15.5. The summed E-state index contributed by atoms with van der Waals surface area (Å²) in [6.45, 7) is 3.52. The fraction of sp³-hybridized carbons (Fsp3) is 0.429. The Hall–Kier alpha value is -2.08. The Morgan fingerprint density at radius 3 is 2.95 bits per heavy atom. The highest BCUT2D eigenvalue weighted by Gasteiger charge is 2.14. The number of hydrogen-bond donors (Lipinski definition) is 3. The third kappa shape index (κ3) is 3.96. The van der Waals surface area contributed by atoms with E-state index in [0.717, 1.165) is 31.6 Å². The van der Waals surface area contributed by atoms with Gasteiger partial charge in [-0.1, -0.05) is 12.1 Å². The van der Waals surface area contributed by atoms with Gasteiger partial charge in [-0.15, -0.1) is 0 Å². The first-order valence-electron chi connectivity index (χ1n) is 6.72. The minimum Gasteiger partial charge on any atom is -0.478 e. The molecule has 1 aliphatic heterocycles. The van der Waals surface area contributed by atoms with Gasteiger partial charge < -0.3 is 20.6 Å². The maximum Gasteiger partial charge on any atom is 0.335 e. The van der Waals surface area contributed by atoms with E-state index in [1.807, 2.05) is 0 Å². The fourth-order valence-corrected chi connectivity index (χ4v) is 2.15. The van der Waals surface area contributed by atoms with E-state index in [2.05, 4.69) is 10.6 Å². The second-order valence-corrected chi connectivity index (χ2v) is 4.75. The number of amides is 2. The summed E-state index contributed by atoms with van der Waals surface area (Å²) in [6, 6.07) is 6.49. The van der Waals surface area contributed by atoms with Crippen LogP contribution < -0.4 is 10.6 Å². The van der Waals surface area contributed by atoms with Crippen LogP contribution in [0.15, 0.2) is 24.3 Å². The van der Waals surface area contributed by atoms with Crippen molar-refractivity contribution < 1.29 is 14.7 Å². The van der Waals surface area contributed by atoms with Crippen molar-refractivity contribution in [3.8, 4) is 0 Å². The summed E-state index contributed by atoms with van der Waals surface area (Å²) in [5.41, 5.74) is 1.02. The third-order valence-corrected chi connectivity index (χ3v) is 3.24. The van der Waals surface area contributed by atoms with Crippen molar-refractivity contribution in [3.05, 3.63) is 35.4 Å². The molecule has 1 aromatic carbocycles. The van der Waals surface area contributed by atoms with Crippen LogP contribution in [0, 0.1) is 0 Å². The number of nitrogens with zero attached hydrogens (tertiary/aromatic N) is 1. The number of urea groups is 1. The van der Waals surface area contributed by atoms with Gasteiger partial charge in [0.25, 0.3) is 0 Å². The first-order valence-corrected chi connectivity index (χ1v) is 6.72. The second kappa shape index (κ2) is 6.91. The standard InChI is InChI=1S/C14H19N3O3/c18-13(19)12-4-1-3-11(9-12)10-16-14(20)17-7-2-5-15-6-8-17/h1,3-4,9,15H,2,5-8,10H2,(H,16,20)(H,18,19). The Kier molecular flexibility index (Phi) is 4.95. The number of carbonyl (C=O) groups excluding carboxylic acids is 1. The number of hydrogen-bond acceptors (Lipinski definition) is 3. The first-order chi connectivity index (χ1) is 9.66. The van der Waals surface area contributed by atoms with E-state index in [-0.39, 0.29) is 11.6 Å². The largest absolute Gasteiger partial charge is 0.478 e. The molecule has 6 heteroatoms. The summed E-state index contributed by atoms with van der Waals surface area (Å²) in [7, 11) is 0. The number of rotatable bonds is 3. The molecule has 2 amide bonds. The molecule has 1 aromatic rings. The Morgan fingerprint density at radius 2 is 2.15 bits per heavy atom. The Labute approximate surface area is 117 Å². The van der Waals surface area contributed by atoms with Crippen LogP contribution in [0.5, 0.6) is 0 Å². The molecule has 6 nitrogen and oxygen atoms in total. The van der Waals surface area contributed by atoms with Gasteiger partial charge in [0.1, 0.15) is 0 Å². The zero-order valence-electron chi connectivity index (χ0n) is 11.3. The van der Waals surface area contributed by atoms with Crippen molar-refractivity contribution in [1.29, 1.82) is 0 Å². The van der Waals surface area contributed by atoms with Gasteiger partial charge in [0.2, 0.25) is 0 Å². The quantitative estimate of drug-likeness (QED) is 0.766. The molecule has 0 atom stereocenters. The van der Waals surface area contributed by atoms with Crippen LogP contribution in [-0.4, -0.2) is 48.2 Å². The number of benzene rings is 1. The molecule has 0 radical (unpaired) electrons. The summed E-state index contributed by atoms with van der Waals surface area (Å²) in [5.74, 6) is -0.961. The van der Waals surface area contributed by atoms with Crippen LogP contribution >= 0.6 is 0 Å². The maximum atomic E-state index is 12.0. The number of carboxylic acid groups (broad SMARTS) is 1. The molecule has 3 N–H and O–H groups in total. The molecule has 1 aliphatic rings. The van der Waals surface area contributed by atoms with Crippen molar-refractivity contribution in [2.24, 2.45) is 0 Å². The van der Waals surface area contributed by atoms with E-state index < -0.39 is 5.97 Å². The lowest BCUT2D eigenvalue weighted by atomic mass is 10.1. The molecule has 1 fully saturated rings. The van der Waals surface area contributed by atoms with E-state index in [0.29, 0.717) is 13.1 Å². The van der Waals surface area contributed by atoms with Crippen LogP contribution in [0.25, 0.3) is 0 Å². The van der Waals surface area contributed by atoms with Gasteiger partial charge in [-0.3, -0.25) is 0 Å². The van der Waals surface area contributed by atoms with E-state index in [9.17, 15) is 9.59 Å². The van der Waals surface area contributed by atoms with Gasteiger partial charge in [0, 0.05) is 26.2 Å². The SMILES string of the molecule is O=C(O)c1cccc(CNC(=O)N2CCCNCC2)c1. The molecule has 108 valence electrons. The second-order valence-electron chi connectivity index (χ2n) is 4.75. The predicted molar refractivity (Wildman–Crippen MR) is 74.7 cm³/mol. The summed E-state index contributed by atoms with van der Waals surface area (Å²) in [6.07, 6.45) is 0.946. The highest BCUT2D eigenvalue weighted by atomic mass is 16.4. The number of aromatic carboxylic acids is 1. The van der Waals surface area contributed by atoms with Crippen LogP contribution in [0.1, 0.15) is 22.3 Å². The molecule has 0 aliphatic carbocycles. The highest BCUT2D eigenvalue weighted by Crippen LogP contribution is 2.05. The van der Waals surface area contributed by atoms with E-state index in [1.165, 1.54) is 6.07 Å². The lowest BCUT2D eigenvalue weighted by Gasteiger charge is -2.20. The molecule has 0 spiro atoms. The average molecular weight is 277 g/mol. The van der Waals surface area contributed by atoms with E-state index in [1.54, 1.807) is 23.1 Å². The van der Waals surface area contributed by atoms with Gasteiger partial charge in [0.05, 0.1) is 5.56 Å². The van der Waals surface area contributed by atoms with Gasteiger partial charge >= 0.3 is 12.0 Å². The molecule has 0 saturated carbocycles. The van der Waals surface area contributed by atoms with Crippen LogP contribution in [0.2, 0.25) is 0 Å². The number of carboxylic acids is 1. The van der Waals surface area contributed by atoms with Crippen LogP contribution in [0.4, 0.5) is 4.79 Å². The van der Waals surface area contributed by atoms with E-state index >= 15 is 0 Å². The average Bonchev–Trinajstić information content (AvgIpc) is 2.74. The Morgan fingerprint density at radius 1 is 1.30 bits per heavy atom. The van der Waals surface area contributed by atoms with E-state index in [4.69, 9.17) is 5.11 Å². The molecular formula is C14H19N3O3. The lowest BCUT2D eigenvalue weighted by Crippen LogP contribution is -2.41. The zero-order valence-corrected chi connectivity index (χ0v) is 11.3. The first kappa shape index (κ1) is 14.3. The summed E-state index contributed by atoms with van der Waals surface area (Å²) in [4.78, 5) is 24.7. The zero-order chi connectivity index (χ0) is 14.4. The summed E-state index contributed by atoms with van der Waals surface area (Å²) < 4.78 is 0. The summed E-state index contributed by atoms with van der Waals surface area (Å²) >= 11 is 0. The number of carbonyl (C=O) groups is 2. The minimum absolute atomic E-state index is 0.102. The predicted octanol–water partition coefficient (Wildman–Crippen LogP) is 0.890. The molecule has 2 rings (SSSR count). The summed E-state index contributed by atoms with van der Waals surface area (Å²) in [5, 5.41) is 15.0. The molecule has 0 aromatic heterocycles. The number of nitrogens with one attached hydrogen (secondary N) is 2. The molecule has 1 saturated heterocycles. The van der Waals surface area contributed by atoms with Crippen molar-refractivity contribution >= 4 is 12.0 Å². The monoisotopic (exact) mass is 277 g/mol. The minimum atomic E-state index is -0.961. The van der Waals surface area contributed by atoms with Crippen molar-refractivity contribution in [1.82, 2.24) is 15.5 Å². The third-order valence-electron chi connectivity index (χ3n) is 3.24. The molecule has 0 unspecified atom stereocenters. The molecule has 1 heterocycles. The Balaban J connectivity index is 1.89. The van der Waals surface area contributed by atoms with Gasteiger partial charge in [-0.25, -0.2) is 9.59 Å². The van der Waals surface area contributed by atoms with Gasteiger partial charge in [-0.2, -0.15) is 0 Å². The fourth-order valence-electron chi connectivity index (χ4n) is 2.15. The van der Waals surface area contributed by atoms with Gasteiger partial charge in [0.15, 0.2) is 0 Å². The molecule has 0 bridgehead atoms. The maximum absolute atomic E-state index is 12.0. The Bertz CT molecular complexity index is 482. The van der Waals surface area contributed by atoms with Gasteiger partial charge in [-0.05, 0) is 30.7 Å².